The topological polar surface area (TPSA) is 43.3 Å². The minimum atomic E-state index is -0.178. The lowest BCUT2D eigenvalue weighted by molar-refractivity contribution is 0.103. The lowest BCUT2D eigenvalue weighted by Crippen LogP contribution is -2.13. The zero-order valence-corrected chi connectivity index (χ0v) is 17.6. The van der Waals surface area contributed by atoms with Crippen molar-refractivity contribution in [3.05, 3.63) is 87.8 Å². The summed E-state index contributed by atoms with van der Waals surface area (Å²) in [5.41, 5.74) is 4.51. The van der Waals surface area contributed by atoms with E-state index in [1.807, 2.05) is 83.9 Å². The van der Waals surface area contributed by atoms with E-state index in [0.29, 0.717) is 21.3 Å². The Labute approximate surface area is 178 Å². The Bertz CT molecular complexity index is 1150. The molecule has 0 atom stereocenters. The molecule has 2 heterocycles. The molecule has 4 rings (SSSR count). The largest absolute Gasteiger partial charge is 0.495 e. The Morgan fingerprint density at radius 2 is 1.83 bits per heavy atom. The fourth-order valence-electron chi connectivity index (χ4n) is 3.19. The molecular formula is C23H19ClN2O2S. The predicted octanol–water partition coefficient (Wildman–Crippen LogP) is 6.43. The molecule has 0 spiro atoms. The van der Waals surface area contributed by atoms with Gasteiger partial charge in [0.25, 0.3) is 5.91 Å². The average Bonchev–Trinajstić information content (AvgIpc) is 3.38. The summed E-state index contributed by atoms with van der Waals surface area (Å²) in [6.07, 6.45) is 3.87. The van der Waals surface area contributed by atoms with Gasteiger partial charge in [-0.1, -0.05) is 29.8 Å². The van der Waals surface area contributed by atoms with Crippen molar-refractivity contribution in [2.75, 3.05) is 12.4 Å². The number of carbonyl (C=O) groups excluding carboxylic acids is 1. The van der Waals surface area contributed by atoms with Crippen LogP contribution in [0.4, 0.5) is 5.69 Å². The first-order valence-electron chi connectivity index (χ1n) is 9.03. The highest BCUT2D eigenvalue weighted by molar-refractivity contribution is 7.13. The minimum absolute atomic E-state index is 0.178. The number of nitrogens with zero attached hydrogens (tertiary/aromatic N) is 1. The zero-order valence-electron chi connectivity index (χ0n) is 16.0. The molecule has 0 aliphatic heterocycles. The van der Waals surface area contributed by atoms with E-state index in [2.05, 4.69) is 5.32 Å². The number of ether oxygens (including phenoxy) is 1. The van der Waals surface area contributed by atoms with Crippen molar-refractivity contribution in [1.29, 1.82) is 0 Å². The van der Waals surface area contributed by atoms with Crippen LogP contribution in [0.5, 0.6) is 5.75 Å². The summed E-state index contributed by atoms with van der Waals surface area (Å²) in [4.78, 5) is 13.8. The van der Waals surface area contributed by atoms with Gasteiger partial charge in [-0.05, 0) is 54.4 Å². The molecule has 4 nitrogen and oxygen atoms in total. The van der Waals surface area contributed by atoms with Gasteiger partial charge in [0.2, 0.25) is 0 Å². The maximum absolute atomic E-state index is 13.2. The summed E-state index contributed by atoms with van der Waals surface area (Å²) in [7, 11) is 1.59. The standard InChI is InChI=1S/C23H19ClN2O2S/c1-15-5-10-20(28-2)19(13-15)25-23(27)22-21(26-11-3-4-12-26)18(14-29-22)16-6-8-17(24)9-7-16/h3-14H,1-2H3,(H,25,27). The van der Waals surface area contributed by atoms with Crippen LogP contribution in [-0.4, -0.2) is 17.6 Å². The molecule has 1 N–H and O–H groups in total. The van der Waals surface area contributed by atoms with Crippen LogP contribution in [0.2, 0.25) is 5.02 Å². The van der Waals surface area contributed by atoms with E-state index >= 15 is 0 Å². The second kappa shape index (κ2) is 8.15. The molecule has 29 heavy (non-hydrogen) atoms. The van der Waals surface area contributed by atoms with Crippen molar-refractivity contribution in [3.63, 3.8) is 0 Å². The Morgan fingerprint density at radius 3 is 2.52 bits per heavy atom. The summed E-state index contributed by atoms with van der Waals surface area (Å²) >= 11 is 7.46. The number of aryl methyl sites for hydroxylation is 1. The predicted molar refractivity (Wildman–Crippen MR) is 120 cm³/mol. The molecule has 0 aliphatic carbocycles. The van der Waals surface area contributed by atoms with Crippen molar-refractivity contribution in [2.24, 2.45) is 0 Å². The lowest BCUT2D eigenvalue weighted by Gasteiger charge is -2.13. The van der Waals surface area contributed by atoms with Gasteiger partial charge in [-0.3, -0.25) is 4.79 Å². The number of hydrogen-bond acceptors (Lipinski definition) is 3. The second-order valence-corrected chi connectivity index (χ2v) is 7.90. The summed E-state index contributed by atoms with van der Waals surface area (Å²) in [5, 5.41) is 5.68. The van der Waals surface area contributed by atoms with Crippen LogP contribution in [0.15, 0.2) is 72.4 Å². The number of hydrogen-bond donors (Lipinski definition) is 1. The SMILES string of the molecule is COc1ccc(C)cc1NC(=O)c1scc(-c2ccc(Cl)cc2)c1-n1cccc1. The molecule has 2 aromatic carbocycles. The molecule has 0 saturated heterocycles. The van der Waals surface area contributed by atoms with Crippen LogP contribution in [0.3, 0.4) is 0 Å². The highest BCUT2D eigenvalue weighted by atomic mass is 35.5. The van der Waals surface area contributed by atoms with Gasteiger partial charge >= 0.3 is 0 Å². The Morgan fingerprint density at radius 1 is 1.10 bits per heavy atom. The van der Waals surface area contributed by atoms with Crippen LogP contribution in [0.1, 0.15) is 15.2 Å². The van der Waals surface area contributed by atoms with Gasteiger partial charge in [0, 0.05) is 28.4 Å². The highest BCUT2D eigenvalue weighted by Gasteiger charge is 2.21. The summed E-state index contributed by atoms with van der Waals surface area (Å²) in [5.74, 6) is 0.448. The van der Waals surface area contributed by atoms with E-state index in [0.717, 1.165) is 22.4 Å². The number of methoxy groups -OCH3 is 1. The molecular weight excluding hydrogens is 404 g/mol. The van der Waals surface area contributed by atoms with Crippen LogP contribution in [0.25, 0.3) is 16.8 Å². The number of anilines is 1. The summed E-state index contributed by atoms with van der Waals surface area (Å²) in [6, 6.07) is 17.2. The Balaban J connectivity index is 1.77. The molecule has 6 heteroatoms. The first kappa shape index (κ1) is 19.3. The molecule has 1 amide bonds. The van der Waals surface area contributed by atoms with E-state index in [1.54, 1.807) is 7.11 Å². The van der Waals surface area contributed by atoms with Crippen molar-refractivity contribution < 1.29 is 9.53 Å². The first-order chi connectivity index (χ1) is 14.1. The molecule has 0 bridgehead atoms. The van der Waals surface area contributed by atoms with Gasteiger partial charge in [-0.2, -0.15) is 0 Å². The molecule has 146 valence electrons. The molecule has 0 fully saturated rings. The van der Waals surface area contributed by atoms with E-state index in [-0.39, 0.29) is 5.91 Å². The molecule has 0 saturated carbocycles. The minimum Gasteiger partial charge on any atom is -0.495 e. The van der Waals surface area contributed by atoms with Crippen LogP contribution < -0.4 is 10.1 Å². The van der Waals surface area contributed by atoms with Crippen molar-refractivity contribution in [3.8, 4) is 22.6 Å². The van der Waals surface area contributed by atoms with E-state index in [9.17, 15) is 4.79 Å². The van der Waals surface area contributed by atoms with Crippen LogP contribution in [0, 0.1) is 6.92 Å². The third-order valence-electron chi connectivity index (χ3n) is 4.59. The van der Waals surface area contributed by atoms with Crippen molar-refractivity contribution in [2.45, 2.75) is 6.92 Å². The third kappa shape index (κ3) is 3.92. The van der Waals surface area contributed by atoms with E-state index < -0.39 is 0 Å². The van der Waals surface area contributed by atoms with Crippen molar-refractivity contribution >= 4 is 34.5 Å². The quantitative estimate of drug-likeness (QED) is 0.402. The Hall–Kier alpha value is -3.02. The number of amides is 1. The monoisotopic (exact) mass is 422 g/mol. The van der Waals surface area contributed by atoms with Gasteiger partial charge in [0.05, 0.1) is 18.5 Å². The van der Waals surface area contributed by atoms with Gasteiger partial charge in [0.1, 0.15) is 10.6 Å². The van der Waals surface area contributed by atoms with Crippen LogP contribution >= 0.6 is 22.9 Å². The molecule has 4 aromatic rings. The number of aromatic nitrogens is 1. The highest BCUT2D eigenvalue weighted by Crippen LogP contribution is 2.36. The number of nitrogens with one attached hydrogen (secondary N) is 1. The van der Waals surface area contributed by atoms with E-state index in [1.165, 1.54) is 11.3 Å². The molecule has 0 radical (unpaired) electrons. The lowest BCUT2D eigenvalue weighted by atomic mass is 10.1. The van der Waals surface area contributed by atoms with Gasteiger partial charge in [-0.15, -0.1) is 11.3 Å². The smallest absolute Gasteiger partial charge is 0.268 e. The number of thiophene rings is 1. The van der Waals surface area contributed by atoms with Gasteiger partial charge in [0.15, 0.2) is 0 Å². The average molecular weight is 423 g/mol. The third-order valence-corrected chi connectivity index (χ3v) is 5.81. The maximum atomic E-state index is 13.2. The Kier molecular flexibility index (Phi) is 5.43. The maximum Gasteiger partial charge on any atom is 0.268 e. The first-order valence-corrected chi connectivity index (χ1v) is 10.3. The summed E-state index contributed by atoms with van der Waals surface area (Å²) in [6.45, 7) is 1.98. The number of halogens is 1. The van der Waals surface area contributed by atoms with Gasteiger partial charge in [-0.25, -0.2) is 0 Å². The number of benzene rings is 2. The number of carbonyl (C=O) groups is 1. The normalized spacial score (nSPS) is 10.7. The summed E-state index contributed by atoms with van der Waals surface area (Å²) < 4.78 is 7.36. The molecule has 0 unspecified atom stereocenters. The second-order valence-electron chi connectivity index (χ2n) is 6.58. The van der Waals surface area contributed by atoms with Gasteiger partial charge < -0.3 is 14.6 Å². The molecule has 2 aromatic heterocycles. The van der Waals surface area contributed by atoms with E-state index in [4.69, 9.17) is 16.3 Å². The fraction of sp³-hybridized carbons (Fsp3) is 0.0870. The van der Waals surface area contributed by atoms with Crippen LogP contribution in [-0.2, 0) is 0 Å². The molecule has 0 aliphatic rings. The zero-order chi connectivity index (χ0) is 20.4. The number of rotatable bonds is 5. The fourth-order valence-corrected chi connectivity index (χ4v) is 4.28. The van der Waals surface area contributed by atoms with Crippen molar-refractivity contribution in [1.82, 2.24) is 4.57 Å².